The molecule has 1 amide bonds. The summed E-state index contributed by atoms with van der Waals surface area (Å²) in [6.45, 7) is 3.93. The zero-order valence-electron chi connectivity index (χ0n) is 17.4. The summed E-state index contributed by atoms with van der Waals surface area (Å²) < 4.78 is 5.33. The summed E-state index contributed by atoms with van der Waals surface area (Å²) >= 11 is 1.62. The van der Waals surface area contributed by atoms with Crippen LogP contribution in [0.25, 0.3) is 11.1 Å². The van der Waals surface area contributed by atoms with Crippen molar-refractivity contribution in [3.8, 4) is 11.1 Å². The van der Waals surface area contributed by atoms with Gasteiger partial charge in [0.1, 0.15) is 5.69 Å². The molecular weight excluding hydrogens is 416 g/mol. The Morgan fingerprint density at radius 1 is 1.29 bits per heavy atom. The number of carboxylic acid groups (broad SMARTS) is 1. The molecule has 1 aliphatic rings. The van der Waals surface area contributed by atoms with Crippen LogP contribution >= 0.6 is 11.3 Å². The minimum Gasteiger partial charge on any atom is -0.483 e. The highest BCUT2D eigenvalue weighted by Gasteiger charge is 2.20. The lowest BCUT2D eigenvalue weighted by Crippen LogP contribution is -2.40. The van der Waals surface area contributed by atoms with Crippen LogP contribution in [0.5, 0.6) is 0 Å². The van der Waals surface area contributed by atoms with E-state index in [0.717, 1.165) is 29.9 Å². The van der Waals surface area contributed by atoms with Crippen molar-refractivity contribution >= 4 is 23.7 Å². The molecule has 0 spiro atoms. The van der Waals surface area contributed by atoms with Crippen molar-refractivity contribution in [2.24, 2.45) is 0 Å². The van der Waals surface area contributed by atoms with E-state index in [9.17, 15) is 4.79 Å². The predicted octanol–water partition coefficient (Wildman–Crippen LogP) is 2.94. The van der Waals surface area contributed by atoms with Gasteiger partial charge in [-0.05, 0) is 35.9 Å². The van der Waals surface area contributed by atoms with E-state index >= 15 is 0 Å². The van der Waals surface area contributed by atoms with Gasteiger partial charge in [0, 0.05) is 37.8 Å². The summed E-state index contributed by atoms with van der Waals surface area (Å²) in [5.74, 6) is 0.0358. The van der Waals surface area contributed by atoms with Crippen LogP contribution in [-0.4, -0.2) is 70.6 Å². The van der Waals surface area contributed by atoms with Crippen molar-refractivity contribution in [3.05, 3.63) is 64.4 Å². The Morgan fingerprint density at radius 3 is 2.77 bits per heavy atom. The Bertz CT molecular complexity index is 968. The molecule has 2 aromatic heterocycles. The second kappa shape index (κ2) is 11.4. The molecule has 0 unspecified atom stereocenters. The fraction of sp³-hybridized carbons (Fsp3) is 0.318. The molecule has 3 heterocycles. The Kier molecular flexibility index (Phi) is 8.34. The van der Waals surface area contributed by atoms with E-state index in [1.807, 2.05) is 22.7 Å². The molecule has 9 heteroatoms. The number of nitrogens with one attached hydrogen (secondary N) is 1. The summed E-state index contributed by atoms with van der Waals surface area (Å²) in [4.78, 5) is 32.6. The molecule has 1 saturated heterocycles. The topological polar surface area (TPSA) is 98.8 Å². The lowest BCUT2D eigenvalue weighted by molar-refractivity contribution is -0.122. The van der Waals surface area contributed by atoms with E-state index in [4.69, 9.17) is 14.6 Å². The Hall–Kier alpha value is -3.01. The number of benzene rings is 1. The van der Waals surface area contributed by atoms with Gasteiger partial charge in [0.25, 0.3) is 12.4 Å². The summed E-state index contributed by atoms with van der Waals surface area (Å²) in [7, 11) is 2.10. The van der Waals surface area contributed by atoms with E-state index in [-0.39, 0.29) is 12.4 Å². The Balaban J connectivity index is 0.000000858. The highest BCUT2D eigenvalue weighted by Crippen LogP contribution is 2.23. The average Bonchev–Trinajstić information content (AvgIpc) is 3.47. The second-order valence-electron chi connectivity index (χ2n) is 7.16. The molecule has 4 rings (SSSR count). The monoisotopic (exact) mass is 442 g/mol. The number of carbonyl (C=O) groups is 2. The lowest BCUT2D eigenvalue weighted by atomic mass is 10.1. The number of H-pyrrole nitrogens is 1. The minimum absolute atomic E-state index is 0.0358. The summed E-state index contributed by atoms with van der Waals surface area (Å²) in [6.07, 6.45) is 1.91. The van der Waals surface area contributed by atoms with Crippen LogP contribution in [-0.2, 0) is 22.6 Å². The fourth-order valence-electron chi connectivity index (χ4n) is 3.43. The largest absolute Gasteiger partial charge is 0.483 e. The van der Waals surface area contributed by atoms with Crippen molar-refractivity contribution in [1.82, 2.24) is 19.8 Å². The van der Waals surface area contributed by atoms with Crippen LogP contribution in [0.3, 0.4) is 0 Å². The van der Waals surface area contributed by atoms with E-state index in [1.54, 1.807) is 11.3 Å². The smallest absolute Gasteiger partial charge is 0.290 e. The summed E-state index contributed by atoms with van der Waals surface area (Å²) in [5, 5.41) is 8.97. The van der Waals surface area contributed by atoms with E-state index < -0.39 is 0 Å². The van der Waals surface area contributed by atoms with Crippen molar-refractivity contribution < 1.29 is 19.4 Å². The molecule has 3 aromatic rings. The van der Waals surface area contributed by atoms with Gasteiger partial charge in [-0.3, -0.25) is 14.5 Å². The first kappa shape index (κ1) is 22.7. The van der Waals surface area contributed by atoms with Crippen LogP contribution in [0.4, 0.5) is 0 Å². The fourth-order valence-corrected chi connectivity index (χ4v) is 3.98. The number of hydrogen-bond acceptors (Lipinski definition) is 6. The van der Waals surface area contributed by atoms with Gasteiger partial charge in [-0.25, -0.2) is 4.98 Å². The first-order valence-electron chi connectivity index (χ1n) is 9.89. The number of ether oxygens (including phenoxy) is 1. The third kappa shape index (κ3) is 6.48. The molecule has 2 N–H and O–H groups in total. The van der Waals surface area contributed by atoms with Crippen LogP contribution in [0, 0.1) is 0 Å². The van der Waals surface area contributed by atoms with Crippen LogP contribution < -0.4 is 0 Å². The number of carbonyl (C=O) groups excluding carboxylic acids is 1. The zero-order valence-corrected chi connectivity index (χ0v) is 18.2. The maximum absolute atomic E-state index is 12.6. The normalized spacial score (nSPS) is 13.5. The summed E-state index contributed by atoms with van der Waals surface area (Å²) in [5.41, 5.74) is 6.96. The second-order valence-corrected chi connectivity index (χ2v) is 7.88. The van der Waals surface area contributed by atoms with Gasteiger partial charge in [0.05, 0.1) is 24.4 Å². The molecular formula is C22H26N4O4S. The number of morpholine rings is 1. The molecule has 0 radical (unpaired) electrons. The first-order valence-corrected chi connectivity index (χ1v) is 10.8. The van der Waals surface area contributed by atoms with Crippen LogP contribution in [0.15, 0.2) is 47.4 Å². The van der Waals surface area contributed by atoms with Crippen molar-refractivity contribution in [1.29, 1.82) is 0 Å². The van der Waals surface area contributed by atoms with Crippen molar-refractivity contribution in [2.75, 3.05) is 33.4 Å². The van der Waals surface area contributed by atoms with Gasteiger partial charge in [0.2, 0.25) is 0 Å². The van der Waals surface area contributed by atoms with E-state index in [2.05, 4.69) is 51.6 Å². The molecule has 0 atom stereocenters. The SMILES string of the molecule is CN(Cc1cccc(-c2c[nH]c(C(=O)N3CCOCC3)c2)c1)Cc1cscn1.O=CO. The first-order chi connectivity index (χ1) is 15.1. The quantitative estimate of drug-likeness (QED) is 0.570. The van der Waals surface area contributed by atoms with Gasteiger partial charge in [0.15, 0.2) is 0 Å². The number of aromatic amines is 1. The highest BCUT2D eigenvalue weighted by atomic mass is 32.1. The number of nitrogens with zero attached hydrogens (tertiary/aromatic N) is 3. The van der Waals surface area contributed by atoms with Gasteiger partial charge >= 0.3 is 0 Å². The number of aromatic nitrogens is 2. The maximum atomic E-state index is 12.6. The average molecular weight is 443 g/mol. The molecule has 164 valence electrons. The van der Waals surface area contributed by atoms with E-state index in [0.29, 0.717) is 32.0 Å². The van der Waals surface area contributed by atoms with Crippen LogP contribution in [0.1, 0.15) is 21.7 Å². The number of amides is 1. The van der Waals surface area contributed by atoms with Gasteiger partial charge < -0.3 is 19.7 Å². The van der Waals surface area contributed by atoms with Gasteiger partial charge in [-0.15, -0.1) is 11.3 Å². The molecule has 0 bridgehead atoms. The summed E-state index contributed by atoms with van der Waals surface area (Å²) in [6, 6.07) is 10.4. The van der Waals surface area contributed by atoms with Crippen molar-refractivity contribution in [3.63, 3.8) is 0 Å². The highest BCUT2D eigenvalue weighted by molar-refractivity contribution is 7.07. The van der Waals surface area contributed by atoms with Gasteiger partial charge in [-0.2, -0.15) is 0 Å². The third-order valence-corrected chi connectivity index (χ3v) is 5.48. The number of hydrogen-bond donors (Lipinski definition) is 2. The van der Waals surface area contributed by atoms with Crippen LogP contribution in [0.2, 0.25) is 0 Å². The third-order valence-electron chi connectivity index (χ3n) is 4.84. The molecule has 8 nitrogen and oxygen atoms in total. The molecule has 1 fully saturated rings. The van der Waals surface area contributed by atoms with Crippen molar-refractivity contribution in [2.45, 2.75) is 13.1 Å². The Labute approximate surface area is 185 Å². The number of rotatable bonds is 6. The van der Waals surface area contributed by atoms with E-state index in [1.165, 1.54) is 5.56 Å². The zero-order chi connectivity index (χ0) is 22.1. The maximum Gasteiger partial charge on any atom is 0.290 e. The predicted molar refractivity (Wildman–Crippen MR) is 119 cm³/mol. The molecule has 0 saturated carbocycles. The lowest BCUT2D eigenvalue weighted by Gasteiger charge is -2.26. The minimum atomic E-state index is -0.250. The van der Waals surface area contributed by atoms with Gasteiger partial charge in [-0.1, -0.05) is 18.2 Å². The molecule has 1 aromatic carbocycles. The Morgan fingerprint density at radius 2 is 2.06 bits per heavy atom. The molecule has 0 aliphatic carbocycles. The number of thiazole rings is 1. The molecule has 31 heavy (non-hydrogen) atoms. The standard InChI is InChI=1S/C21H24N4O2S.CH2O2/c1-24(13-19-14-28-15-23-19)12-16-3-2-4-17(9-16)18-10-20(22-11-18)21(26)25-5-7-27-8-6-25;2-1-3/h2-4,9-11,14-15,22H,5-8,12-13H2,1H3;1H,(H,2,3). The molecule has 1 aliphatic heterocycles.